The fraction of sp³-hybridized carbons (Fsp3) is 0.294. The Balaban J connectivity index is 1.60. The molecule has 1 aromatic carbocycles. The van der Waals surface area contributed by atoms with E-state index in [1.54, 1.807) is 17.7 Å². The van der Waals surface area contributed by atoms with Gasteiger partial charge in [-0.2, -0.15) is 0 Å². The Bertz CT molecular complexity index is 747. The summed E-state index contributed by atoms with van der Waals surface area (Å²) in [4.78, 5) is 12.1. The number of aromatic nitrogens is 2. The van der Waals surface area contributed by atoms with Gasteiger partial charge in [0, 0.05) is 30.7 Å². The average molecular weight is 311 g/mol. The molecule has 0 aliphatic carbocycles. The molecule has 0 unspecified atom stereocenters. The van der Waals surface area contributed by atoms with E-state index < -0.39 is 0 Å². The molecule has 1 saturated heterocycles. The van der Waals surface area contributed by atoms with Crippen molar-refractivity contribution in [1.29, 1.82) is 0 Å². The van der Waals surface area contributed by atoms with Crippen LogP contribution in [0.4, 0.5) is 0 Å². The summed E-state index contributed by atoms with van der Waals surface area (Å²) in [6.45, 7) is 4.71. The lowest BCUT2D eigenvalue weighted by Crippen LogP contribution is -2.35. The van der Waals surface area contributed by atoms with Crippen molar-refractivity contribution in [3.63, 3.8) is 0 Å². The Morgan fingerprint density at radius 1 is 1.18 bits per heavy atom. The Morgan fingerprint density at radius 3 is 2.95 bits per heavy atom. The van der Waals surface area contributed by atoms with Crippen LogP contribution in [0.25, 0.3) is 20.7 Å². The first-order valence-electron chi connectivity index (χ1n) is 7.47. The topological polar surface area (TPSA) is 38.2 Å². The van der Waals surface area contributed by atoms with Crippen molar-refractivity contribution in [2.75, 3.05) is 26.3 Å². The monoisotopic (exact) mass is 311 g/mol. The lowest BCUT2D eigenvalue weighted by Gasteiger charge is -2.26. The van der Waals surface area contributed by atoms with Crippen molar-refractivity contribution in [2.45, 2.75) is 6.54 Å². The Hall–Kier alpha value is -1.82. The SMILES string of the molecule is c1cc(CN2CCOCC2)cc(-c2cc3ncncc3s2)c1. The van der Waals surface area contributed by atoms with Gasteiger partial charge in [0.1, 0.15) is 6.33 Å². The summed E-state index contributed by atoms with van der Waals surface area (Å²) in [5.41, 5.74) is 3.63. The summed E-state index contributed by atoms with van der Waals surface area (Å²) in [6, 6.07) is 10.9. The second-order valence-electron chi connectivity index (χ2n) is 5.47. The molecule has 22 heavy (non-hydrogen) atoms. The van der Waals surface area contributed by atoms with Crippen LogP contribution in [0.1, 0.15) is 5.56 Å². The number of hydrogen-bond donors (Lipinski definition) is 0. The van der Waals surface area contributed by atoms with Gasteiger partial charge in [-0.3, -0.25) is 4.90 Å². The van der Waals surface area contributed by atoms with Crippen LogP contribution in [-0.4, -0.2) is 41.2 Å². The number of ether oxygens (including phenoxy) is 1. The number of benzene rings is 1. The van der Waals surface area contributed by atoms with E-state index in [0.717, 1.165) is 43.1 Å². The maximum absolute atomic E-state index is 5.41. The normalized spacial score (nSPS) is 16.2. The minimum absolute atomic E-state index is 0.842. The van der Waals surface area contributed by atoms with E-state index in [1.165, 1.54) is 16.0 Å². The van der Waals surface area contributed by atoms with Crippen LogP contribution in [0.2, 0.25) is 0 Å². The van der Waals surface area contributed by atoms with Crippen LogP contribution in [0.5, 0.6) is 0 Å². The van der Waals surface area contributed by atoms with E-state index in [0.29, 0.717) is 0 Å². The van der Waals surface area contributed by atoms with Gasteiger partial charge >= 0.3 is 0 Å². The molecule has 1 aliphatic rings. The largest absolute Gasteiger partial charge is 0.379 e. The molecular formula is C17H17N3OS. The summed E-state index contributed by atoms with van der Waals surface area (Å²) in [5.74, 6) is 0. The van der Waals surface area contributed by atoms with Gasteiger partial charge < -0.3 is 4.74 Å². The number of thiophene rings is 1. The molecule has 0 bridgehead atoms. The van der Waals surface area contributed by atoms with E-state index in [-0.39, 0.29) is 0 Å². The summed E-state index contributed by atoms with van der Waals surface area (Å²) < 4.78 is 6.55. The van der Waals surface area contributed by atoms with Crippen molar-refractivity contribution in [1.82, 2.24) is 14.9 Å². The highest BCUT2D eigenvalue weighted by atomic mass is 32.1. The average Bonchev–Trinajstić information content (AvgIpc) is 3.00. The Morgan fingerprint density at radius 2 is 2.09 bits per heavy atom. The predicted octanol–water partition coefficient (Wildman–Crippen LogP) is 3.19. The standard InChI is InChI=1S/C17H17N3OS/c1-2-13(11-20-4-6-21-7-5-20)8-14(3-1)16-9-15-17(22-16)10-18-12-19-15/h1-3,8-10,12H,4-7,11H2. The molecule has 0 atom stereocenters. The molecule has 1 aliphatic heterocycles. The first-order valence-corrected chi connectivity index (χ1v) is 8.29. The molecule has 2 aromatic heterocycles. The van der Waals surface area contributed by atoms with Gasteiger partial charge in [-0.15, -0.1) is 11.3 Å². The first kappa shape index (κ1) is 13.8. The summed E-state index contributed by atoms with van der Waals surface area (Å²) in [6.07, 6.45) is 3.49. The number of hydrogen-bond acceptors (Lipinski definition) is 5. The van der Waals surface area contributed by atoms with E-state index >= 15 is 0 Å². The maximum Gasteiger partial charge on any atom is 0.116 e. The number of nitrogens with zero attached hydrogens (tertiary/aromatic N) is 3. The molecule has 0 spiro atoms. The molecule has 1 fully saturated rings. The van der Waals surface area contributed by atoms with Crippen LogP contribution < -0.4 is 0 Å². The van der Waals surface area contributed by atoms with Gasteiger partial charge in [0.2, 0.25) is 0 Å². The minimum Gasteiger partial charge on any atom is -0.379 e. The maximum atomic E-state index is 5.41. The molecule has 5 heteroatoms. The van der Waals surface area contributed by atoms with Crippen LogP contribution in [0, 0.1) is 0 Å². The molecule has 0 N–H and O–H groups in total. The Labute approximate surface area is 133 Å². The zero-order chi connectivity index (χ0) is 14.8. The lowest BCUT2D eigenvalue weighted by molar-refractivity contribution is 0.0342. The zero-order valence-electron chi connectivity index (χ0n) is 12.2. The number of fused-ring (bicyclic) bond motifs is 1. The first-order chi connectivity index (χ1) is 10.9. The van der Waals surface area contributed by atoms with Gasteiger partial charge in [-0.25, -0.2) is 9.97 Å². The van der Waals surface area contributed by atoms with E-state index in [4.69, 9.17) is 4.74 Å². The van der Waals surface area contributed by atoms with Crippen LogP contribution in [0.3, 0.4) is 0 Å². The zero-order valence-corrected chi connectivity index (χ0v) is 13.1. The van der Waals surface area contributed by atoms with Crippen molar-refractivity contribution >= 4 is 21.6 Å². The van der Waals surface area contributed by atoms with Crippen molar-refractivity contribution in [3.05, 3.63) is 48.4 Å². The lowest BCUT2D eigenvalue weighted by atomic mass is 10.1. The van der Waals surface area contributed by atoms with E-state index in [9.17, 15) is 0 Å². The molecule has 0 saturated carbocycles. The summed E-state index contributed by atoms with van der Waals surface area (Å²) in [7, 11) is 0. The summed E-state index contributed by atoms with van der Waals surface area (Å²) >= 11 is 1.75. The van der Waals surface area contributed by atoms with Crippen molar-refractivity contribution < 1.29 is 4.74 Å². The van der Waals surface area contributed by atoms with E-state index in [1.807, 2.05) is 6.20 Å². The third kappa shape index (κ3) is 2.88. The quantitative estimate of drug-likeness (QED) is 0.744. The summed E-state index contributed by atoms with van der Waals surface area (Å²) in [5, 5.41) is 0. The third-order valence-corrected chi connectivity index (χ3v) is 5.02. The van der Waals surface area contributed by atoms with Crippen LogP contribution in [0.15, 0.2) is 42.9 Å². The van der Waals surface area contributed by atoms with Crippen molar-refractivity contribution in [2.24, 2.45) is 0 Å². The molecule has 4 nitrogen and oxygen atoms in total. The Kier molecular flexibility index (Phi) is 3.84. The van der Waals surface area contributed by atoms with Gasteiger partial charge in [0.15, 0.2) is 0 Å². The molecule has 4 rings (SSSR count). The van der Waals surface area contributed by atoms with Gasteiger partial charge in [0.05, 0.1) is 23.4 Å². The number of rotatable bonds is 3. The minimum atomic E-state index is 0.842. The van der Waals surface area contributed by atoms with Crippen LogP contribution >= 0.6 is 11.3 Å². The third-order valence-electron chi connectivity index (χ3n) is 3.92. The molecule has 112 valence electrons. The fourth-order valence-electron chi connectivity index (χ4n) is 2.77. The molecule has 0 amide bonds. The van der Waals surface area contributed by atoms with Gasteiger partial charge in [-0.05, 0) is 23.3 Å². The molecular weight excluding hydrogens is 294 g/mol. The predicted molar refractivity (Wildman–Crippen MR) is 88.9 cm³/mol. The van der Waals surface area contributed by atoms with Crippen molar-refractivity contribution in [3.8, 4) is 10.4 Å². The molecule has 0 radical (unpaired) electrons. The van der Waals surface area contributed by atoms with Gasteiger partial charge in [-0.1, -0.05) is 18.2 Å². The van der Waals surface area contributed by atoms with E-state index in [2.05, 4.69) is 45.2 Å². The second-order valence-corrected chi connectivity index (χ2v) is 6.56. The van der Waals surface area contributed by atoms with Crippen LogP contribution in [-0.2, 0) is 11.3 Å². The highest BCUT2D eigenvalue weighted by molar-refractivity contribution is 7.22. The second kappa shape index (κ2) is 6.12. The molecule has 3 aromatic rings. The highest BCUT2D eigenvalue weighted by Crippen LogP contribution is 2.32. The smallest absolute Gasteiger partial charge is 0.116 e. The highest BCUT2D eigenvalue weighted by Gasteiger charge is 2.11. The number of morpholine rings is 1. The molecule has 3 heterocycles. The van der Waals surface area contributed by atoms with Gasteiger partial charge in [0.25, 0.3) is 0 Å². The fourth-order valence-corrected chi connectivity index (χ4v) is 3.75.